The summed E-state index contributed by atoms with van der Waals surface area (Å²) in [7, 11) is 0. The van der Waals surface area contributed by atoms with Crippen molar-refractivity contribution in [3.63, 3.8) is 0 Å². The summed E-state index contributed by atoms with van der Waals surface area (Å²) in [6.45, 7) is 3.59. The minimum Gasteiger partial charge on any atom is -0.463 e. The molecule has 0 radical (unpaired) electrons. The first kappa shape index (κ1) is 19.3. The summed E-state index contributed by atoms with van der Waals surface area (Å²) in [5.41, 5.74) is 8.13. The summed E-state index contributed by atoms with van der Waals surface area (Å²) in [5.74, 6) is -2.31. The number of ether oxygens (including phenoxy) is 3. The Bertz CT molecular complexity index is 522. The second kappa shape index (κ2) is 8.76. The first-order chi connectivity index (χ1) is 10.8. The molecule has 5 atom stereocenters. The molecule has 0 N–H and O–H groups in total. The number of rotatable bonds is 6. The molecule has 9 nitrogen and oxygen atoms in total. The second-order valence-corrected chi connectivity index (χ2v) is 5.92. The molecule has 0 aromatic rings. The number of esters is 2. The number of Topliss-reactive ketones (excluding diaryl/α,β-unsaturated/α-hetero) is 1. The van der Waals surface area contributed by atoms with E-state index in [9.17, 15) is 14.4 Å². The standard InChI is InChI=1S/C13H19N3O6S/c1-6(17)10-11(15-16-14)13(23-4)22-9(5-20-7(2)18)12(10)21-8(3)19/h9-13H,5H2,1-4H3/t9?,10?,11-,12?,13-/m0/s1. The van der Waals surface area contributed by atoms with Crippen LogP contribution in [0.25, 0.3) is 10.4 Å². The zero-order chi connectivity index (χ0) is 17.6. The Balaban J connectivity index is 3.18. The molecular formula is C13H19N3O6S. The third-order valence-electron chi connectivity index (χ3n) is 3.32. The lowest BCUT2D eigenvalue weighted by Gasteiger charge is -2.43. The van der Waals surface area contributed by atoms with E-state index in [1.54, 1.807) is 6.26 Å². The zero-order valence-electron chi connectivity index (χ0n) is 13.3. The van der Waals surface area contributed by atoms with Crippen LogP contribution in [0.15, 0.2) is 5.11 Å². The van der Waals surface area contributed by atoms with Gasteiger partial charge in [0.1, 0.15) is 30.0 Å². The van der Waals surface area contributed by atoms with Crippen molar-refractivity contribution >= 4 is 29.5 Å². The Morgan fingerprint density at radius 1 is 1.26 bits per heavy atom. The highest BCUT2D eigenvalue weighted by Crippen LogP contribution is 2.35. The molecule has 10 heteroatoms. The lowest BCUT2D eigenvalue weighted by molar-refractivity contribution is -0.187. The summed E-state index contributed by atoms with van der Waals surface area (Å²) in [6.07, 6.45) is -0.0841. The van der Waals surface area contributed by atoms with E-state index in [4.69, 9.17) is 19.7 Å². The van der Waals surface area contributed by atoms with Gasteiger partial charge in [0.2, 0.25) is 0 Å². The van der Waals surface area contributed by atoms with E-state index in [1.807, 2.05) is 0 Å². The maximum atomic E-state index is 12.1. The van der Waals surface area contributed by atoms with E-state index < -0.39 is 41.5 Å². The molecule has 1 aliphatic heterocycles. The molecule has 23 heavy (non-hydrogen) atoms. The molecule has 0 amide bonds. The molecule has 1 rings (SSSR count). The Hall–Kier alpha value is -1.77. The number of nitrogens with zero attached hydrogens (tertiary/aromatic N) is 3. The van der Waals surface area contributed by atoms with E-state index in [1.165, 1.54) is 32.5 Å². The van der Waals surface area contributed by atoms with Gasteiger partial charge in [0.25, 0.3) is 0 Å². The number of ketones is 1. The molecule has 128 valence electrons. The molecule has 0 aromatic carbocycles. The van der Waals surface area contributed by atoms with Crippen LogP contribution in [-0.2, 0) is 28.6 Å². The fourth-order valence-electron chi connectivity index (χ4n) is 2.45. The highest BCUT2D eigenvalue weighted by Gasteiger charge is 2.49. The van der Waals surface area contributed by atoms with Gasteiger partial charge in [-0.25, -0.2) is 0 Å². The lowest BCUT2D eigenvalue weighted by Crippen LogP contribution is -2.57. The van der Waals surface area contributed by atoms with Gasteiger partial charge in [0, 0.05) is 18.8 Å². The van der Waals surface area contributed by atoms with Crippen molar-refractivity contribution in [3.05, 3.63) is 10.4 Å². The lowest BCUT2D eigenvalue weighted by atomic mass is 9.85. The molecule has 3 unspecified atom stereocenters. The molecule has 0 aromatic heterocycles. The molecule has 0 saturated carbocycles. The van der Waals surface area contributed by atoms with Crippen molar-refractivity contribution in [3.8, 4) is 0 Å². The smallest absolute Gasteiger partial charge is 0.303 e. The zero-order valence-corrected chi connectivity index (χ0v) is 14.1. The number of hydrogen-bond acceptors (Lipinski definition) is 8. The highest BCUT2D eigenvalue weighted by atomic mass is 32.2. The molecule has 1 fully saturated rings. The Kier molecular flexibility index (Phi) is 7.34. The van der Waals surface area contributed by atoms with Gasteiger partial charge < -0.3 is 14.2 Å². The van der Waals surface area contributed by atoms with Crippen LogP contribution in [0.3, 0.4) is 0 Å². The first-order valence-electron chi connectivity index (χ1n) is 6.85. The SMILES string of the molecule is CS[C@@H]1OC(COC(C)=O)C(OC(C)=O)C(C(C)=O)[C@@H]1N=[N+]=[N-]. The average Bonchev–Trinajstić information content (AvgIpc) is 2.45. The number of thioether (sulfide) groups is 1. The summed E-state index contributed by atoms with van der Waals surface area (Å²) in [5, 5.41) is 3.64. The van der Waals surface area contributed by atoms with Crippen LogP contribution < -0.4 is 0 Å². The maximum Gasteiger partial charge on any atom is 0.303 e. The third-order valence-corrected chi connectivity index (χ3v) is 4.17. The van der Waals surface area contributed by atoms with E-state index >= 15 is 0 Å². The molecule has 1 aliphatic rings. The second-order valence-electron chi connectivity index (χ2n) is 4.99. The fourth-order valence-corrected chi connectivity index (χ4v) is 3.21. The van der Waals surface area contributed by atoms with E-state index in [0.29, 0.717) is 0 Å². The average molecular weight is 345 g/mol. The van der Waals surface area contributed by atoms with Gasteiger partial charge in [0.05, 0.1) is 12.0 Å². The Morgan fingerprint density at radius 3 is 2.35 bits per heavy atom. The topological polar surface area (TPSA) is 128 Å². The summed E-state index contributed by atoms with van der Waals surface area (Å²) >= 11 is 1.25. The maximum absolute atomic E-state index is 12.1. The number of carbonyl (C=O) groups excluding carboxylic acids is 3. The van der Waals surface area contributed by atoms with Crippen LogP contribution in [0.2, 0.25) is 0 Å². The quantitative estimate of drug-likeness (QED) is 0.308. The van der Waals surface area contributed by atoms with Crippen molar-refractivity contribution in [2.45, 2.75) is 44.5 Å². The Labute approximate surface area is 137 Å². The van der Waals surface area contributed by atoms with Crippen molar-refractivity contribution in [1.29, 1.82) is 0 Å². The van der Waals surface area contributed by atoms with Gasteiger partial charge >= 0.3 is 11.9 Å². The van der Waals surface area contributed by atoms with Crippen molar-refractivity contribution in [2.24, 2.45) is 11.0 Å². The minimum atomic E-state index is -0.997. The third kappa shape index (κ3) is 5.12. The predicted molar refractivity (Wildman–Crippen MR) is 81.5 cm³/mol. The van der Waals surface area contributed by atoms with Gasteiger partial charge in [-0.05, 0) is 18.7 Å². The van der Waals surface area contributed by atoms with Crippen LogP contribution >= 0.6 is 11.8 Å². The van der Waals surface area contributed by atoms with Crippen LogP contribution in [0, 0.1) is 5.92 Å². The molecular weight excluding hydrogens is 326 g/mol. The largest absolute Gasteiger partial charge is 0.463 e. The van der Waals surface area contributed by atoms with Crippen LogP contribution in [0.4, 0.5) is 0 Å². The number of hydrogen-bond donors (Lipinski definition) is 0. The fraction of sp³-hybridized carbons (Fsp3) is 0.769. The van der Waals surface area contributed by atoms with Crippen LogP contribution in [0.1, 0.15) is 20.8 Å². The van der Waals surface area contributed by atoms with Gasteiger partial charge in [-0.1, -0.05) is 5.11 Å². The summed E-state index contributed by atoms with van der Waals surface area (Å²) < 4.78 is 15.9. The van der Waals surface area contributed by atoms with Crippen LogP contribution in [-0.4, -0.2) is 54.3 Å². The molecule has 1 heterocycles. The Morgan fingerprint density at radius 2 is 1.91 bits per heavy atom. The van der Waals surface area contributed by atoms with Gasteiger partial charge in [-0.2, -0.15) is 0 Å². The van der Waals surface area contributed by atoms with Crippen LogP contribution in [0.5, 0.6) is 0 Å². The van der Waals surface area contributed by atoms with Gasteiger partial charge in [0.15, 0.2) is 0 Å². The van der Waals surface area contributed by atoms with E-state index in [-0.39, 0.29) is 12.4 Å². The van der Waals surface area contributed by atoms with Gasteiger partial charge in [-0.3, -0.25) is 14.4 Å². The summed E-state index contributed by atoms with van der Waals surface area (Å²) in [6, 6.07) is -0.828. The van der Waals surface area contributed by atoms with Crippen molar-refractivity contribution < 1.29 is 28.6 Å². The molecule has 0 spiro atoms. The number of carbonyl (C=O) groups is 3. The van der Waals surface area contributed by atoms with Crippen molar-refractivity contribution in [2.75, 3.05) is 12.9 Å². The van der Waals surface area contributed by atoms with E-state index in [0.717, 1.165) is 0 Å². The first-order valence-corrected chi connectivity index (χ1v) is 8.14. The van der Waals surface area contributed by atoms with Gasteiger partial charge in [-0.15, -0.1) is 11.8 Å². The monoisotopic (exact) mass is 345 g/mol. The number of azide groups is 1. The van der Waals surface area contributed by atoms with E-state index in [2.05, 4.69) is 10.0 Å². The molecule has 1 saturated heterocycles. The predicted octanol–water partition coefficient (Wildman–Crippen LogP) is 1.45. The normalized spacial score (nSPS) is 30.0. The summed E-state index contributed by atoms with van der Waals surface area (Å²) in [4.78, 5) is 37.2. The molecule has 0 bridgehead atoms. The van der Waals surface area contributed by atoms with Crippen molar-refractivity contribution in [1.82, 2.24) is 0 Å². The highest BCUT2D eigenvalue weighted by molar-refractivity contribution is 7.99. The minimum absolute atomic E-state index is 0.170. The molecule has 0 aliphatic carbocycles.